The van der Waals surface area contributed by atoms with E-state index in [9.17, 15) is 10.2 Å². The van der Waals surface area contributed by atoms with Gasteiger partial charge in [-0.3, -0.25) is 4.57 Å². The van der Waals surface area contributed by atoms with Gasteiger partial charge in [-0.25, -0.2) is 4.98 Å². The van der Waals surface area contributed by atoms with E-state index in [1.54, 1.807) is 0 Å². The molecule has 20 heavy (non-hydrogen) atoms. The second-order valence-electron chi connectivity index (χ2n) is 4.43. The van der Waals surface area contributed by atoms with Crippen molar-refractivity contribution in [1.82, 2.24) is 19.5 Å². The van der Waals surface area contributed by atoms with Crippen molar-refractivity contribution in [2.24, 2.45) is 0 Å². The van der Waals surface area contributed by atoms with Crippen molar-refractivity contribution >= 4 is 28.7 Å². The summed E-state index contributed by atoms with van der Waals surface area (Å²) in [6, 6.07) is 0. The van der Waals surface area contributed by atoms with E-state index in [1.165, 1.54) is 10.9 Å². The van der Waals surface area contributed by atoms with Crippen LogP contribution in [-0.4, -0.2) is 59.8 Å². The van der Waals surface area contributed by atoms with Gasteiger partial charge in [-0.1, -0.05) is 11.6 Å². The van der Waals surface area contributed by atoms with E-state index in [0.29, 0.717) is 5.52 Å². The third-order valence-corrected chi connectivity index (χ3v) is 3.45. The molecule has 0 saturated carbocycles. The van der Waals surface area contributed by atoms with Crippen LogP contribution in [0.3, 0.4) is 0 Å². The van der Waals surface area contributed by atoms with E-state index >= 15 is 0 Å². The normalized spacial score (nSPS) is 30.2. The maximum Gasteiger partial charge on any atom is 0.223 e. The largest absolute Gasteiger partial charge is 0.394 e. The number of aliphatic hydroxyl groups is 3. The number of nitrogens with two attached hydrogens (primary N) is 1. The number of imidazole rings is 1. The highest BCUT2D eigenvalue weighted by molar-refractivity contribution is 6.33. The van der Waals surface area contributed by atoms with Crippen LogP contribution < -0.4 is 5.73 Å². The van der Waals surface area contributed by atoms with Gasteiger partial charge in [-0.05, 0) is 0 Å². The molecule has 2 aromatic rings. The number of hydrogen-bond acceptors (Lipinski definition) is 8. The molecular weight excluding hydrogens is 290 g/mol. The summed E-state index contributed by atoms with van der Waals surface area (Å²) in [7, 11) is 0. The number of fused-ring (bicyclic) bond motifs is 1. The molecule has 0 amide bonds. The summed E-state index contributed by atoms with van der Waals surface area (Å²) < 4.78 is 6.79. The van der Waals surface area contributed by atoms with Gasteiger partial charge in [0.2, 0.25) is 5.95 Å². The molecule has 0 spiro atoms. The fourth-order valence-corrected chi connectivity index (χ4v) is 2.41. The Kier molecular flexibility index (Phi) is 3.22. The summed E-state index contributed by atoms with van der Waals surface area (Å²) in [5, 5.41) is 28.9. The van der Waals surface area contributed by atoms with Gasteiger partial charge in [-0.15, -0.1) is 0 Å². The number of ether oxygens (including phenoxy) is 1. The highest BCUT2D eigenvalue weighted by atomic mass is 35.5. The summed E-state index contributed by atoms with van der Waals surface area (Å²) in [4.78, 5) is 11.8. The molecule has 1 fully saturated rings. The zero-order valence-corrected chi connectivity index (χ0v) is 10.8. The molecule has 2 aromatic heterocycles. The first kappa shape index (κ1) is 13.5. The Morgan fingerprint density at radius 1 is 1.35 bits per heavy atom. The zero-order chi connectivity index (χ0) is 14.4. The number of anilines is 1. The molecule has 0 radical (unpaired) electrons. The van der Waals surface area contributed by atoms with Crippen LogP contribution in [0.2, 0.25) is 5.15 Å². The lowest BCUT2D eigenvalue weighted by atomic mass is 10.1. The molecule has 0 aliphatic carbocycles. The highest BCUT2D eigenvalue weighted by Gasteiger charge is 2.44. The standard InChI is InChI=1S/C10H12ClN5O4/c11-7-4-8(15-10(12)14-7)16(2-13-4)9-6(19)5(18)3(1-17)20-9/h2-3,5-6,9,17-19H,1H2,(H2,12,14,15)/t3-,5+,6-,9-/m1/s1. The lowest BCUT2D eigenvalue weighted by Crippen LogP contribution is -2.33. The van der Waals surface area contributed by atoms with E-state index in [-0.39, 0.29) is 16.7 Å². The minimum atomic E-state index is -1.24. The minimum absolute atomic E-state index is 0.0454. The number of hydrogen-bond donors (Lipinski definition) is 4. The third-order valence-electron chi connectivity index (χ3n) is 3.19. The van der Waals surface area contributed by atoms with Crippen LogP contribution in [0.1, 0.15) is 6.23 Å². The van der Waals surface area contributed by atoms with Gasteiger partial charge in [0.15, 0.2) is 17.0 Å². The first-order valence-electron chi connectivity index (χ1n) is 5.81. The maximum absolute atomic E-state index is 9.99. The van der Waals surface area contributed by atoms with Crippen molar-refractivity contribution in [3.8, 4) is 0 Å². The average molecular weight is 302 g/mol. The molecule has 4 atom stereocenters. The van der Waals surface area contributed by atoms with Crippen molar-refractivity contribution in [2.45, 2.75) is 24.5 Å². The molecule has 3 rings (SSSR count). The minimum Gasteiger partial charge on any atom is -0.394 e. The summed E-state index contributed by atoms with van der Waals surface area (Å²) in [6.07, 6.45) is -2.93. The lowest BCUT2D eigenvalue weighted by molar-refractivity contribution is -0.0511. The van der Waals surface area contributed by atoms with Crippen molar-refractivity contribution in [2.75, 3.05) is 12.3 Å². The van der Waals surface area contributed by atoms with Crippen LogP contribution in [0.4, 0.5) is 5.95 Å². The number of halogens is 1. The van der Waals surface area contributed by atoms with Gasteiger partial charge < -0.3 is 25.8 Å². The van der Waals surface area contributed by atoms with Gasteiger partial charge in [0, 0.05) is 0 Å². The van der Waals surface area contributed by atoms with Crippen molar-refractivity contribution in [3.05, 3.63) is 11.5 Å². The van der Waals surface area contributed by atoms with Gasteiger partial charge in [0.1, 0.15) is 23.8 Å². The SMILES string of the molecule is Nc1nc(Cl)c2ncn([C@@H]3O[C@H](CO)[C@H](O)[C@H]3O)c2n1. The number of aromatic nitrogens is 4. The fraction of sp³-hybridized carbons (Fsp3) is 0.500. The molecule has 0 bridgehead atoms. The monoisotopic (exact) mass is 301 g/mol. The molecule has 1 aliphatic heterocycles. The molecule has 108 valence electrons. The summed E-state index contributed by atoms with van der Waals surface area (Å²) in [6.45, 7) is -0.417. The number of aliphatic hydroxyl groups excluding tert-OH is 3. The fourth-order valence-electron chi connectivity index (χ4n) is 2.19. The zero-order valence-electron chi connectivity index (χ0n) is 10.1. The third kappa shape index (κ3) is 1.91. The van der Waals surface area contributed by atoms with Crippen molar-refractivity contribution in [3.63, 3.8) is 0 Å². The molecule has 5 N–H and O–H groups in total. The molecule has 10 heteroatoms. The van der Waals surface area contributed by atoms with E-state index in [0.717, 1.165) is 0 Å². The topological polar surface area (TPSA) is 140 Å². The maximum atomic E-state index is 9.99. The number of rotatable bonds is 2. The van der Waals surface area contributed by atoms with E-state index in [2.05, 4.69) is 15.0 Å². The smallest absolute Gasteiger partial charge is 0.223 e. The number of nitrogen functional groups attached to an aromatic ring is 1. The van der Waals surface area contributed by atoms with Crippen LogP contribution in [-0.2, 0) is 4.74 Å². The van der Waals surface area contributed by atoms with Gasteiger partial charge in [0.05, 0.1) is 12.9 Å². The number of nitrogens with zero attached hydrogens (tertiary/aromatic N) is 4. The van der Waals surface area contributed by atoms with E-state index in [1.807, 2.05) is 0 Å². The Labute approximate surface area is 117 Å². The van der Waals surface area contributed by atoms with Gasteiger partial charge in [-0.2, -0.15) is 9.97 Å². The quantitative estimate of drug-likeness (QED) is 0.500. The van der Waals surface area contributed by atoms with Crippen LogP contribution >= 0.6 is 11.6 Å². The summed E-state index contributed by atoms with van der Waals surface area (Å²) >= 11 is 5.90. The molecule has 1 aliphatic rings. The van der Waals surface area contributed by atoms with Gasteiger partial charge >= 0.3 is 0 Å². The van der Waals surface area contributed by atoms with Crippen LogP contribution in [0, 0.1) is 0 Å². The van der Waals surface area contributed by atoms with Crippen molar-refractivity contribution in [1.29, 1.82) is 0 Å². The Hall–Kier alpha value is -1.52. The van der Waals surface area contributed by atoms with E-state index < -0.39 is 31.1 Å². The predicted molar refractivity (Wildman–Crippen MR) is 67.8 cm³/mol. The molecule has 9 nitrogen and oxygen atoms in total. The van der Waals surface area contributed by atoms with Crippen LogP contribution in [0.15, 0.2) is 6.33 Å². The first-order chi connectivity index (χ1) is 9.52. The molecular formula is C10H12ClN5O4. The molecule has 0 aromatic carbocycles. The summed E-state index contributed by atoms with van der Waals surface area (Å²) in [5.74, 6) is -0.0454. The van der Waals surface area contributed by atoms with Crippen molar-refractivity contribution < 1.29 is 20.1 Å². The Balaban J connectivity index is 2.07. The molecule has 3 heterocycles. The Bertz CT molecular complexity index is 650. The second-order valence-corrected chi connectivity index (χ2v) is 4.78. The van der Waals surface area contributed by atoms with Gasteiger partial charge in [0.25, 0.3) is 0 Å². The molecule has 1 saturated heterocycles. The van der Waals surface area contributed by atoms with Crippen LogP contribution in [0.5, 0.6) is 0 Å². The Morgan fingerprint density at radius 3 is 2.75 bits per heavy atom. The van der Waals surface area contributed by atoms with Crippen LogP contribution in [0.25, 0.3) is 11.2 Å². The Morgan fingerprint density at radius 2 is 2.10 bits per heavy atom. The lowest BCUT2D eigenvalue weighted by Gasteiger charge is -2.16. The second kappa shape index (κ2) is 4.79. The first-order valence-corrected chi connectivity index (χ1v) is 6.18. The molecule has 0 unspecified atom stereocenters. The average Bonchev–Trinajstić information content (AvgIpc) is 2.93. The van der Waals surface area contributed by atoms with E-state index in [4.69, 9.17) is 27.2 Å². The predicted octanol–water partition coefficient (Wildman–Crippen LogP) is -1.33. The highest BCUT2D eigenvalue weighted by Crippen LogP contribution is 2.32. The summed E-state index contributed by atoms with van der Waals surface area (Å²) in [5.41, 5.74) is 6.11.